The van der Waals surface area contributed by atoms with E-state index in [1.165, 1.54) is 55.8 Å². The quantitative estimate of drug-likeness (QED) is 0.137. The Balaban J connectivity index is 1.42. The Morgan fingerprint density at radius 3 is 2.35 bits per heavy atom. The normalized spacial score (nSPS) is 18.6. The molecule has 1 N–H and O–H groups in total. The van der Waals surface area contributed by atoms with Crippen molar-refractivity contribution in [3.8, 4) is 11.5 Å². The van der Waals surface area contributed by atoms with Gasteiger partial charge in [0.25, 0.3) is 0 Å². The second-order valence-electron chi connectivity index (χ2n) is 12.6. The fraction of sp³-hybridized carbons (Fsp3) is 0.324. The van der Waals surface area contributed by atoms with Crippen LogP contribution in [0.3, 0.4) is 0 Å². The molecule has 0 aliphatic carbocycles. The van der Waals surface area contributed by atoms with Gasteiger partial charge in [-0.1, -0.05) is 57.3 Å². The molecule has 0 saturated carbocycles. The molecule has 10 nitrogen and oxygen atoms in total. The highest BCUT2D eigenvalue weighted by Crippen LogP contribution is 2.42. The molecule has 4 heterocycles. The van der Waals surface area contributed by atoms with Crippen LogP contribution in [0.1, 0.15) is 51.4 Å². The smallest absolute Gasteiger partial charge is 0.415 e. The fourth-order valence-corrected chi connectivity index (χ4v) is 8.41. The van der Waals surface area contributed by atoms with E-state index in [-0.39, 0.29) is 46.3 Å². The van der Waals surface area contributed by atoms with Crippen LogP contribution in [0.15, 0.2) is 71.5 Å². The Morgan fingerprint density at radius 1 is 1.06 bits per heavy atom. The molecule has 3 fully saturated rings. The van der Waals surface area contributed by atoms with Crippen LogP contribution < -0.4 is 24.2 Å². The van der Waals surface area contributed by atoms with E-state index in [0.717, 1.165) is 30.7 Å². The molecule has 0 unspecified atom stereocenters. The number of rotatable bonds is 11. The zero-order valence-electron chi connectivity index (χ0n) is 27.8. The number of fused-ring (bicyclic) bond motifs is 3. The number of amides is 1. The highest BCUT2D eigenvalue weighted by atomic mass is 79.9. The van der Waals surface area contributed by atoms with Crippen molar-refractivity contribution in [2.45, 2.75) is 37.8 Å². The molecule has 3 aromatic carbocycles. The van der Waals surface area contributed by atoms with E-state index in [9.17, 15) is 19.9 Å². The number of nitrogens with zero attached hydrogens (tertiary/aromatic N) is 3. The van der Waals surface area contributed by atoms with Gasteiger partial charge in [-0.3, -0.25) is 15.0 Å². The van der Waals surface area contributed by atoms with Gasteiger partial charge in [0.2, 0.25) is 12.4 Å². The first kappa shape index (κ1) is 36.7. The van der Waals surface area contributed by atoms with Gasteiger partial charge >= 0.3 is 6.09 Å². The average molecular weight is 804 g/mol. The first-order valence-electron chi connectivity index (χ1n) is 16.3. The number of benzene rings is 3. The summed E-state index contributed by atoms with van der Waals surface area (Å²) in [6.45, 7) is 2.32. The molecule has 1 aromatic heterocycles. The van der Waals surface area contributed by atoms with E-state index >= 15 is 4.39 Å². The third kappa shape index (κ3) is 7.89. The maximum absolute atomic E-state index is 15.3. The van der Waals surface area contributed by atoms with Crippen molar-refractivity contribution in [1.29, 1.82) is 0 Å². The van der Waals surface area contributed by atoms with Gasteiger partial charge in [0, 0.05) is 32.8 Å². The average Bonchev–Trinajstić information content (AvgIpc) is 3.11. The van der Waals surface area contributed by atoms with Crippen LogP contribution in [0.2, 0.25) is 10.0 Å². The van der Waals surface area contributed by atoms with Crippen LogP contribution in [0.5, 0.6) is 11.5 Å². The summed E-state index contributed by atoms with van der Waals surface area (Å²) in [6.07, 6.45) is 3.42. The summed E-state index contributed by atoms with van der Waals surface area (Å²) >= 11 is 16.7. The molecular weight excluding hydrogens is 768 g/mol. The molecule has 1 amide bonds. The van der Waals surface area contributed by atoms with E-state index in [0.29, 0.717) is 44.8 Å². The highest BCUT2D eigenvalue weighted by Gasteiger charge is 2.38. The third-order valence-electron chi connectivity index (χ3n) is 9.60. The molecule has 14 heteroatoms. The molecular formula is C37H35BrCl2FN3O7. The van der Waals surface area contributed by atoms with Crippen LogP contribution in [-0.2, 0) is 17.7 Å². The zero-order valence-corrected chi connectivity index (χ0v) is 30.9. The van der Waals surface area contributed by atoms with Crippen molar-refractivity contribution in [2.75, 3.05) is 38.8 Å². The second-order valence-corrected chi connectivity index (χ2v) is 14.3. The Morgan fingerprint density at radius 2 is 1.75 bits per heavy atom. The predicted octanol–water partition coefficient (Wildman–Crippen LogP) is 6.41. The minimum atomic E-state index is -1.48. The molecule has 4 aromatic rings. The van der Waals surface area contributed by atoms with Crippen molar-refractivity contribution in [1.82, 2.24) is 4.90 Å². The predicted molar refractivity (Wildman–Crippen MR) is 189 cm³/mol. The number of ether oxygens (including phenoxy) is 3. The lowest BCUT2D eigenvalue weighted by atomic mass is 9.83. The van der Waals surface area contributed by atoms with Crippen molar-refractivity contribution in [3.05, 3.63) is 115 Å². The summed E-state index contributed by atoms with van der Waals surface area (Å²) in [7, 11) is 2.99. The van der Waals surface area contributed by atoms with E-state index in [1.807, 2.05) is 0 Å². The van der Waals surface area contributed by atoms with Crippen LogP contribution in [0.25, 0.3) is 0 Å². The lowest BCUT2D eigenvalue weighted by Crippen LogP contribution is -2.53. The molecule has 3 aliphatic rings. The Labute approximate surface area is 312 Å². The molecule has 51 heavy (non-hydrogen) atoms. The molecule has 0 radical (unpaired) electrons. The van der Waals surface area contributed by atoms with Gasteiger partial charge in [-0.05, 0) is 91.4 Å². The number of methoxy groups -OCH3 is 2. The number of pyridine rings is 1. The van der Waals surface area contributed by atoms with Crippen molar-refractivity contribution >= 4 is 56.9 Å². The van der Waals surface area contributed by atoms with E-state index in [2.05, 4.69) is 20.8 Å². The Hall–Kier alpha value is -4.10. The Bertz CT molecular complexity index is 1940. The summed E-state index contributed by atoms with van der Waals surface area (Å²) in [5.41, 5.74) is 1.60. The Kier molecular flexibility index (Phi) is 11.3. The second kappa shape index (κ2) is 15.6. The molecule has 2 bridgehead atoms. The van der Waals surface area contributed by atoms with Gasteiger partial charge in [0.05, 0.1) is 32.4 Å². The van der Waals surface area contributed by atoms with Gasteiger partial charge in [-0.15, -0.1) is 0 Å². The first-order chi connectivity index (χ1) is 24.5. The van der Waals surface area contributed by atoms with Crippen molar-refractivity contribution in [2.24, 2.45) is 5.92 Å². The number of anilines is 1. The number of carbonyl (C=O) groups is 2. The number of hydrogen-bond donors (Lipinski definition) is 1. The summed E-state index contributed by atoms with van der Waals surface area (Å²) in [6, 6.07) is 14.2. The lowest BCUT2D eigenvalue weighted by molar-refractivity contribution is -0.904. The standard InChI is InChI=1S/C37H35BrCl2FN3O7/c1-49-32-8-7-23(15-33(32)50-2)24(16-25-28(39)18-43(48)19-29(25)40)35-26(36(45)46)13-21(14-27(35)38)17-44(31-6-4-3-5-30(31)41)37(47)51-34-20-42-11-9-22(34)10-12-42/h3-8,13-15,18-19,22,24,34H,9-12,16-17,20H2,1-2H3,(H-,45,46,48)/t24-,34-/m0/s1. The van der Waals surface area contributed by atoms with Crippen LogP contribution in [-0.4, -0.2) is 62.1 Å². The summed E-state index contributed by atoms with van der Waals surface area (Å²) in [5, 5.41) is 23.3. The molecule has 3 saturated heterocycles. The van der Waals surface area contributed by atoms with Crippen LogP contribution in [0, 0.1) is 11.7 Å². The molecule has 0 spiro atoms. The number of carbonyl (C=O) groups excluding carboxylic acids is 2. The topological polar surface area (TPSA) is 115 Å². The molecule has 2 atom stereocenters. The van der Waals surface area contributed by atoms with Crippen LogP contribution in [0.4, 0.5) is 14.9 Å². The van der Waals surface area contributed by atoms with E-state index < -0.39 is 23.8 Å². The minimum Gasteiger partial charge on any atom is -0.545 e. The maximum Gasteiger partial charge on any atom is 0.415 e. The van der Waals surface area contributed by atoms with Crippen molar-refractivity contribution in [3.63, 3.8) is 0 Å². The zero-order chi connectivity index (χ0) is 36.4. The third-order valence-corrected chi connectivity index (χ3v) is 10.9. The number of para-hydroxylation sites is 1. The number of halogens is 4. The molecule has 3 aliphatic heterocycles. The number of piperidine rings is 3. The minimum absolute atomic E-state index is 0.00309. The molecule has 7 rings (SSSR count). The fourth-order valence-electron chi connectivity index (χ4n) is 7.02. The molecule has 268 valence electrons. The summed E-state index contributed by atoms with van der Waals surface area (Å²) in [5.74, 6) is -1.73. The number of hydrogen-bond acceptors (Lipinski definition) is 8. The lowest BCUT2D eigenvalue weighted by Gasteiger charge is -2.44. The van der Waals surface area contributed by atoms with Crippen molar-refractivity contribution < 1.29 is 43.2 Å². The van der Waals surface area contributed by atoms with Gasteiger partial charge in [-0.2, -0.15) is 0 Å². The van der Waals surface area contributed by atoms with Crippen LogP contribution >= 0.6 is 39.1 Å². The summed E-state index contributed by atoms with van der Waals surface area (Å²) < 4.78 is 33.4. The highest BCUT2D eigenvalue weighted by molar-refractivity contribution is 9.10. The monoisotopic (exact) mass is 801 g/mol. The maximum atomic E-state index is 15.3. The van der Waals surface area contributed by atoms with Gasteiger partial charge in [0.1, 0.15) is 22.0 Å². The van der Waals surface area contributed by atoms with E-state index in [4.69, 9.17) is 37.4 Å². The van der Waals surface area contributed by atoms with Gasteiger partial charge in [0.15, 0.2) is 11.5 Å². The van der Waals surface area contributed by atoms with E-state index in [1.54, 1.807) is 30.3 Å². The summed E-state index contributed by atoms with van der Waals surface area (Å²) in [4.78, 5) is 30.2. The number of carboxylic acid groups (broad SMARTS) is 1. The number of carboxylic acids is 1. The van der Waals surface area contributed by atoms with Gasteiger partial charge < -0.3 is 24.1 Å². The largest absolute Gasteiger partial charge is 0.545 e. The van der Waals surface area contributed by atoms with Gasteiger partial charge in [-0.25, -0.2) is 9.18 Å². The SMILES string of the molecule is COc1ccc([C@H](Cc2c(Cl)c[n+](O)cc2Cl)c2c(Br)cc(CN(C(=O)O[C@H]3CN4CCC3CC4)c3ccccc3F)cc2C(=O)[O-])cc1OC. The number of aromatic nitrogens is 1. The first-order valence-corrected chi connectivity index (χ1v) is 17.8. The number of aromatic carboxylic acids is 1.